The number of fused-ring (bicyclic) bond motifs is 4. The molecular weight excluding hydrogens is 292 g/mol. The van der Waals surface area contributed by atoms with Gasteiger partial charge in [0.25, 0.3) is 0 Å². The zero-order chi connectivity index (χ0) is 14.8. The monoisotopic (exact) mass is 308 g/mol. The molecule has 2 aromatic rings. The van der Waals surface area contributed by atoms with Crippen molar-refractivity contribution < 1.29 is 5.11 Å². The van der Waals surface area contributed by atoms with Gasteiger partial charge in [-0.2, -0.15) is 4.98 Å². The Hall–Kier alpha value is -1.40. The summed E-state index contributed by atoms with van der Waals surface area (Å²) < 4.78 is 3.38. The number of hydrogen-bond donors (Lipinski definition) is 1. The summed E-state index contributed by atoms with van der Waals surface area (Å²) in [6.45, 7) is 0. The van der Waals surface area contributed by atoms with Gasteiger partial charge < -0.3 is 5.11 Å². The second kappa shape index (κ2) is 4.08. The van der Waals surface area contributed by atoms with Crippen LogP contribution in [0.5, 0.6) is 0 Å². The van der Waals surface area contributed by atoms with Crippen LogP contribution in [0.15, 0.2) is 11.0 Å². The Morgan fingerprint density at radius 1 is 1.24 bits per heavy atom. The number of aryl methyl sites for hydroxylation is 1. The highest BCUT2D eigenvalue weighted by Gasteiger charge is 2.50. The first-order valence-electron chi connectivity index (χ1n) is 7.27. The van der Waals surface area contributed by atoms with E-state index in [1.54, 1.807) is 22.4 Å². The standard InChI is InChI=1S/C14H17ClN4O2/c1-18-9-8-16-11(15)17-10(9)19(12(18)20)13-2-5-14(21,6-3-13)7-4-13/h8,21H,2-7H2,1H3. The summed E-state index contributed by atoms with van der Waals surface area (Å²) in [5.41, 5.74) is 0.468. The summed E-state index contributed by atoms with van der Waals surface area (Å²) in [6.07, 6.45) is 6.26. The van der Waals surface area contributed by atoms with Crippen molar-refractivity contribution in [3.8, 4) is 0 Å². The van der Waals surface area contributed by atoms with Crippen molar-refractivity contribution in [1.29, 1.82) is 0 Å². The third-order valence-corrected chi connectivity index (χ3v) is 5.60. The molecule has 21 heavy (non-hydrogen) atoms. The molecular formula is C14H17ClN4O2. The molecule has 2 heterocycles. The number of nitrogens with zero attached hydrogens (tertiary/aromatic N) is 4. The molecule has 0 radical (unpaired) electrons. The first kappa shape index (κ1) is 13.3. The van der Waals surface area contributed by atoms with Crippen molar-refractivity contribution in [2.45, 2.75) is 49.7 Å². The SMILES string of the molecule is Cn1c(=O)n(C23CCC(O)(CC2)CC3)c2nc(Cl)ncc21. The topological polar surface area (TPSA) is 72.9 Å². The van der Waals surface area contributed by atoms with Crippen molar-refractivity contribution in [2.24, 2.45) is 7.05 Å². The summed E-state index contributed by atoms with van der Waals surface area (Å²) >= 11 is 5.92. The van der Waals surface area contributed by atoms with E-state index in [2.05, 4.69) is 9.97 Å². The molecule has 7 heteroatoms. The minimum absolute atomic E-state index is 0.0751. The molecule has 3 aliphatic carbocycles. The molecule has 0 atom stereocenters. The van der Waals surface area contributed by atoms with Crippen molar-refractivity contribution in [1.82, 2.24) is 19.1 Å². The second-order valence-electron chi connectivity index (χ2n) is 6.47. The number of aromatic nitrogens is 4. The smallest absolute Gasteiger partial charge is 0.330 e. The first-order valence-corrected chi connectivity index (χ1v) is 7.65. The van der Waals surface area contributed by atoms with E-state index in [1.165, 1.54) is 0 Å². The van der Waals surface area contributed by atoms with Gasteiger partial charge in [0.05, 0.1) is 17.3 Å². The van der Waals surface area contributed by atoms with Gasteiger partial charge in [0.2, 0.25) is 5.28 Å². The summed E-state index contributed by atoms with van der Waals surface area (Å²) in [5, 5.41) is 10.5. The molecule has 5 rings (SSSR count). The first-order chi connectivity index (χ1) is 9.94. The molecule has 0 spiro atoms. The van der Waals surface area contributed by atoms with Crippen molar-refractivity contribution >= 4 is 22.8 Å². The Morgan fingerprint density at radius 2 is 1.86 bits per heavy atom. The van der Waals surface area contributed by atoms with Crippen LogP contribution in [-0.2, 0) is 12.6 Å². The maximum Gasteiger partial charge on any atom is 0.330 e. The van der Waals surface area contributed by atoms with E-state index in [4.69, 9.17) is 11.6 Å². The molecule has 1 N–H and O–H groups in total. The van der Waals surface area contributed by atoms with E-state index >= 15 is 0 Å². The van der Waals surface area contributed by atoms with Gasteiger partial charge in [0.1, 0.15) is 5.52 Å². The molecule has 3 aliphatic rings. The van der Waals surface area contributed by atoms with Crippen LogP contribution in [0.2, 0.25) is 5.28 Å². The summed E-state index contributed by atoms with van der Waals surface area (Å²) in [5.74, 6) is 0. The number of hydrogen-bond acceptors (Lipinski definition) is 4. The number of rotatable bonds is 1. The molecule has 0 amide bonds. The van der Waals surface area contributed by atoms with Crippen LogP contribution in [0, 0.1) is 0 Å². The zero-order valence-corrected chi connectivity index (χ0v) is 12.6. The predicted molar refractivity (Wildman–Crippen MR) is 78.4 cm³/mol. The van der Waals surface area contributed by atoms with Gasteiger partial charge in [0.15, 0.2) is 5.65 Å². The summed E-state index contributed by atoms with van der Waals surface area (Å²) in [7, 11) is 1.73. The van der Waals surface area contributed by atoms with Crippen molar-refractivity contribution in [3.63, 3.8) is 0 Å². The highest BCUT2D eigenvalue weighted by atomic mass is 35.5. The van der Waals surface area contributed by atoms with Gasteiger partial charge >= 0.3 is 5.69 Å². The largest absolute Gasteiger partial charge is 0.390 e. The average molecular weight is 309 g/mol. The highest BCUT2D eigenvalue weighted by molar-refractivity contribution is 6.28. The molecule has 3 saturated carbocycles. The average Bonchev–Trinajstić information content (AvgIpc) is 2.72. The Balaban J connectivity index is 1.97. The zero-order valence-electron chi connectivity index (χ0n) is 11.8. The fourth-order valence-electron chi connectivity index (χ4n) is 4.00. The number of aliphatic hydroxyl groups is 1. The normalized spacial score (nSPS) is 32.0. The quantitative estimate of drug-likeness (QED) is 0.812. The van der Waals surface area contributed by atoms with E-state index in [9.17, 15) is 9.90 Å². The third kappa shape index (κ3) is 1.72. The minimum atomic E-state index is -0.525. The fourth-order valence-corrected chi connectivity index (χ4v) is 4.13. The lowest BCUT2D eigenvalue weighted by atomic mass is 9.63. The number of imidazole rings is 1. The van der Waals surface area contributed by atoms with Crippen molar-refractivity contribution in [2.75, 3.05) is 0 Å². The summed E-state index contributed by atoms with van der Waals surface area (Å²) in [4.78, 5) is 21.0. The van der Waals surface area contributed by atoms with Crippen molar-refractivity contribution in [3.05, 3.63) is 22.0 Å². The molecule has 0 aliphatic heterocycles. The number of halogens is 1. The van der Waals surface area contributed by atoms with Crippen LogP contribution in [0.3, 0.4) is 0 Å². The molecule has 2 aromatic heterocycles. The Morgan fingerprint density at radius 3 is 2.48 bits per heavy atom. The Kier molecular flexibility index (Phi) is 2.58. The molecule has 3 fully saturated rings. The third-order valence-electron chi connectivity index (χ3n) is 5.41. The van der Waals surface area contributed by atoms with E-state index < -0.39 is 5.60 Å². The predicted octanol–water partition coefficient (Wildman–Crippen LogP) is 1.58. The van der Waals surface area contributed by atoms with Crippen LogP contribution >= 0.6 is 11.6 Å². The summed E-state index contributed by atoms with van der Waals surface area (Å²) in [6, 6.07) is 0. The lowest BCUT2D eigenvalue weighted by molar-refractivity contribution is -0.0856. The van der Waals surface area contributed by atoms with Crippen LogP contribution in [0.25, 0.3) is 11.2 Å². The van der Waals surface area contributed by atoms with Crippen LogP contribution in [0.4, 0.5) is 0 Å². The fraction of sp³-hybridized carbons (Fsp3) is 0.643. The molecule has 0 unspecified atom stereocenters. The van der Waals surface area contributed by atoms with Gasteiger partial charge in [-0.05, 0) is 50.1 Å². The van der Waals surface area contributed by atoms with Gasteiger partial charge in [-0.1, -0.05) is 0 Å². The molecule has 0 aromatic carbocycles. The van der Waals surface area contributed by atoms with E-state index in [1.807, 2.05) is 0 Å². The van der Waals surface area contributed by atoms with Crippen LogP contribution < -0.4 is 5.69 Å². The lowest BCUT2D eigenvalue weighted by Gasteiger charge is -2.51. The Labute approximate surface area is 126 Å². The maximum atomic E-state index is 12.7. The van der Waals surface area contributed by atoms with Crippen LogP contribution in [0.1, 0.15) is 38.5 Å². The minimum Gasteiger partial charge on any atom is -0.390 e. The van der Waals surface area contributed by atoms with E-state index in [-0.39, 0.29) is 16.5 Å². The molecule has 2 bridgehead atoms. The van der Waals surface area contributed by atoms with Gasteiger partial charge in [-0.15, -0.1) is 0 Å². The van der Waals surface area contributed by atoms with Crippen LogP contribution in [-0.4, -0.2) is 29.8 Å². The maximum absolute atomic E-state index is 12.7. The molecule has 112 valence electrons. The van der Waals surface area contributed by atoms with Gasteiger partial charge in [-0.3, -0.25) is 9.13 Å². The molecule has 0 saturated heterocycles. The van der Waals surface area contributed by atoms with E-state index in [0.29, 0.717) is 11.2 Å². The lowest BCUT2D eigenvalue weighted by Crippen LogP contribution is -2.53. The Bertz CT molecular complexity index is 770. The van der Waals surface area contributed by atoms with Gasteiger partial charge in [0, 0.05) is 7.05 Å². The van der Waals surface area contributed by atoms with E-state index in [0.717, 1.165) is 38.5 Å². The highest BCUT2D eigenvalue weighted by Crippen LogP contribution is 2.51. The van der Waals surface area contributed by atoms with Gasteiger partial charge in [-0.25, -0.2) is 9.78 Å². The second-order valence-corrected chi connectivity index (χ2v) is 6.81. The molecule has 6 nitrogen and oxygen atoms in total.